The predicted molar refractivity (Wildman–Crippen MR) is 120 cm³/mol. The normalized spacial score (nSPS) is 13.4. The standard InChI is InChI=1S/C26H17N3O2/c1-28-25(30)19-6-4-8-23(24(19)26(28)31)29-21-7-3-2-5-18(21)20-15-17(9-10-22(20)29)16-11-13-27-14-12-16/h2-15H,1H3. The van der Waals surface area contributed by atoms with Crippen LogP contribution in [0, 0.1) is 0 Å². The van der Waals surface area contributed by atoms with Gasteiger partial charge in [-0.3, -0.25) is 19.5 Å². The maximum Gasteiger partial charge on any atom is 0.263 e. The summed E-state index contributed by atoms with van der Waals surface area (Å²) in [6, 6.07) is 23.9. The van der Waals surface area contributed by atoms with Crippen LogP contribution in [0.25, 0.3) is 38.6 Å². The Hall–Kier alpha value is -4.25. The molecule has 0 aliphatic carbocycles. The lowest BCUT2D eigenvalue weighted by molar-refractivity contribution is 0.0693. The summed E-state index contributed by atoms with van der Waals surface area (Å²) in [4.78, 5) is 30.8. The Balaban J connectivity index is 1.69. The van der Waals surface area contributed by atoms with Gasteiger partial charge in [-0.1, -0.05) is 30.3 Å². The molecule has 3 heterocycles. The van der Waals surface area contributed by atoms with Gasteiger partial charge in [-0.25, -0.2) is 0 Å². The highest BCUT2D eigenvalue weighted by molar-refractivity contribution is 6.23. The topological polar surface area (TPSA) is 55.2 Å². The van der Waals surface area contributed by atoms with E-state index < -0.39 is 0 Å². The van der Waals surface area contributed by atoms with Gasteiger partial charge in [-0.15, -0.1) is 0 Å². The van der Waals surface area contributed by atoms with Crippen molar-refractivity contribution in [3.63, 3.8) is 0 Å². The van der Waals surface area contributed by atoms with E-state index in [1.54, 1.807) is 18.5 Å². The van der Waals surface area contributed by atoms with E-state index in [0.717, 1.165) is 38.6 Å². The molecule has 0 radical (unpaired) electrons. The van der Waals surface area contributed by atoms with Crippen molar-refractivity contribution in [2.24, 2.45) is 0 Å². The fraction of sp³-hybridized carbons (Fsp3) is 0.0385. The second-order valence-corrected chi connectivity index (χ2v) is 7.69. The Labute approximate surface area is 178 Å². The largest absolute Gasteiger partial charge is 0.308 e. The third-order valence-electron chi connectivity index (χ3n) is 6.02. The van der Waals surface area contributed by atoms with E-state index in [2.05, 4.69) is 33.8 Å². The van der Waals surface area contributed by atoms with Gasteiger partial charge in [-0.05, 0) is 53.6 Å². The van der Waals surface area contributed by atoms with Crippen molar-refractivity contribution >= 4 is 33.6 Å². The van der Waals surface area contributed by atoms with Gasteiger partial charge >= 0.3 is 0 Å². The SMILES string of the molecule is CN1C(=O)c2cccc(-n3c4ccccc4c4cc(-c5ccncc5)ccc43)c2C1=O. The number of amides is 2. The van der Waals surface area contributed by atoms with Crippen molar-refractivity contribution in [1.29, 1.82) is 0 Å². The number of benzene rings is 3. The van der Waals surface area contributed by atoms with E-state index in [-0.39, 0.29) is 11.8 Å². The predicted octanol–water partition coefficient (Wildman–Crippen LogP) is 5.07. The zero-order chi connectivity index (χ0) is 21.1. The smallest absolute Gasteiger partial charge is 0.263 e. The van der Waals surface area contributed by atoms with Crippen molar-refractivity contribution < 1.29 is 9.59 Å². The van der Waals surface area contributed by atoms with Crippen LogP contribution in [-0.2, 0) is 0 Å². The second kappa shape index (κ2) is 6.37. The molecule has 5 heteroatoms. The van der Waals surface area contributed by atoms with Crippen molar-refractivity contribution in [2.75, 3.05) is 7.05 Å². The highest BCUT2D eigenvalue weighted by atomic mass is 16.2. The number of pyridine rings is 1. The average molecular weight is 403 g/mol. The first-order chi connectivity index (χ1) is 15.1. The zero-order valence-corrected chi connectivity index (χ0v) is 16.7. The Morgan fingerprint density at radius 2 is 1.48 bits per heavy atom. The third kappa shape index (κ3) is 2.40. The summed E-state index contributed by atoms with van der Waals surface area (Å²) in [5.74, 6) is -0.530. The van der Waals surface area contributed by atoms with E-state index in [4.69, 9.17) is 0 Å². The van der Waals surface area contributed by atoms with Crippen molar-refractivity contribution in [1.82, 2.24) is 14.5 Å². The van der Waals surface area contributed by atoms with Gasteiger partial charge in [0.05, 0.1) is 27.8 Å². The van der Waals surface area contributed by atoms with Crippen LogP contribution in [0.15, 0.2) is 85.2 Å². The molecule has 1 aliphatic heterocycles. The lowest BCUT2D eigenvalue weighted by atomic mass is 10.0. The van der Waals surface area contributed by atoms with Gasteiger partial charge in [0.1, 0.15) is 0 Å². The number of rotatable bonds is 2. The Morgan fingerprint density at radius 3 is 2.32 bits per heavy atom. The van der Waals surface area contributed by atoms with Gasteiger partial charge in [0.15, 0.2) is 0 Å². The molecule has 5 nitrogen and oxygen atoms in total. The second-order valence-electron chi connectivity index (χ2n) is 7.69. The summed E-state index contributed by atoms with van der Waals surface area (Å²) in [7, 11) is 1.53. The fourth-order valence-corrected chi connectivity index (χ4v) is 4.53. The van der Waals surface area contributed by atoms with Crippen LogP contribution in [0.2, 0.25) is 0 Å². The molecule has 3 aromatic carbocycles. The summed E-state index contributed by atoms with van der Waals surface area (Å²) in [5.41, 5.74) is 5.80. The molecule has 0 unspecified atom stereocenters. The molecule has 0 saturated heterocycles. The third-order valence-corrected chi connectivity index (χ3v) is 6.02. The summed E-state index contributed by atoms with van der Waals surface area (Å²) in [6.07, 6.45) is 3.57. The molecule has 0 saturated carbocycles. The summed E-state index contributed by atoms with van der Waals surface area (Å²) < 4.78 is 2.09. The summed E-state index contributed by atoms with van der Waals surface area (Å²) in [5, 5.41) is 2.18. The summed E-state index contributed by atoms with van der Waals surface area (Å²) >= 11 is 0. The average Bonchev–Trinajstić information content (AvgIpc) is 3.27. The van der Waals surface area contributed by atoms with Crippen LogP contribution in [0.1, 0.15) is 20.7 Å². The number of imide groups is 1. The van der Waals surface area contributed by atoms with E-state index in [1.807, 2.05) is 42.5 Å². The first-order valence-electron chi connectivity index (χ1n) is 10.0. The molecule has 0 N–H and O–H groups in total. The van der Waals surface area contributed by atoms with E-state index >= 15 is 0 Å². The van der Waals surface area contributed by atoms with Crippen LogP contribution in [0.5, 0.6) is 0 Å². The molecule has 5 aromatic rings. The van der Waals surface area contributed by atoms with Gasteiger partial charge in [-0.2, -0.15) is 0 Å². The minimum Gasteiger partial charge on any atom is -0.308 e. The van der Waals surface area contributed by atoms with Crippen molar-refractivity contribution in [3.8, 4) is 16.8 Å². The number of carbonyl (C=O) groups excluding carboxylic acids is 2. The maximum atomic E-state index is 12.9. The maximum absolute atomic E-state index is 12.9. The number of hydrogen-bond acceptors (Lipinski definition) is 3. The van der Waals surface area contributed by atoms with Crippen LogP contribution >= 0.6 is 0 Å². The van der Waals surface area contributed by atoms with Crippen molar-refractivity contribution in [2.45, 2.75) is 0 Å². The molecule has 148 valence electrons. The van der Waals surface area contributed by atoms with E-state index in [1.165, 1.54) is 11.9 Å². The van der Waals surface area contributed by atoms with E-state index in [0.29, 0.717) is 11.1 Å². The lowest BCUT2D eigenvalue weighted by Gasteiger charge is -2.12. The fourth-order valence-electron chi connectivity index (χ4n) is 4.53. The minimum absolute atomic E-state index is 0.261. The lowest BCUT2D eigenvalue weighted by Crippen LogP contribution is -2.24. The molecule has 6 rings (SSSR count). The molecule has 2 aromatic heterocycles. The number of fused-ring (bicyclic) bond motifs is 4. The Kier molecular flexibility index (Phi) is 3.62. The molecule has 0 spiro atoms. The van der Waals surface area contributed by atoms with Crippen LogP contribution in [0.4, 0.5) is 0 Å². The highest BCUT2D eigenvalue weighted by Crippen LogP contribution is 2.37. The van der Waals surface area contributed by atoms with Crippen LogP contribution in [0.3, 0.4) is 0 Å². The number of hydrogen-bond donors (Lipinski definition) is 0. The number of aromatic nitrogens is 2. The molecule has 1 aliphatic rings. The molecule has 31 heavy (non-hydrogen) atoms. The molecular weight excluding hydrogens is 386 g/mol. The number of nitrogens with zero attached hydrogens (tertiary/aromatic N) is 3. The zero-order valence-electron chi connectivity index (χ0n) is 16.7. The molecule has 0 bridgehead atoms. The molecule has 2 amide bonds. The van der Waals surface area contributed by atoms with Gasteiger partial charge in [0.25, 0.3) is 11.8 Å². The monoisotopic (exact) mass is 403 g/mol. The van der Waals surface area contributed by atoms with Crippen LogP contribution < -0.4 is 0 Å². The van der Waals surface area contributed by atoms with Crippen LogP contribution in [-0.4, -0.2) is 33.3 Å². The highest BCUT2D eigenvalue weighted by Gasteiger charge is 2.35. The quantitative estimate of drug-likeness (QED) is 0.387. The number of carbonyl (C=O) groups is 2. The number of para-hydroxylation sites is 1. The minimum atomic E-state index is -0.269. The first-order valence-corrected chi connectivity index (χ1v) is 10.0. The Bertz CT molecular complexity index is 1530. The summed E-state index contributed by atoms with van der Waals surface area (Å²) in [6.45, 7) is 0. The van der Waals surface area contributed by atoms with Gasteiger partial charge in [0, 0.05) is 30.2 Å². The van der Waals surface area contributed by atoms with Gasteiger partial charge < -0.3 is 4.57 Å². The molecule has 0 atom stereocenters. The Morgan fingerprint density at radius 1 is 0.710 bits per heavy atom. The van der Waals surface area contributed by atoms with E-state index in [9.17, 15) is 9.59 Å². The first kappa shape index (κ1) is 17.6. The van der Waals surface area contributed by atoms with Gasteiger partial charge in [0.2, 0.25) is 0 Å². The molecular formula is C26H17N3O2. The molecule has 0 fully saturated rings. The van der Waals surface area contributed by atoms with Crippen molar-refractivity contribution in [3.05, 3.63) is 96.3 Å².